The molecule has 0 aromatic heterocycles. The number of rotatable bonds is 4. The largest absolute Gasteiger partial charge is 0.353 e. The summed E-state index contributed by atoms with van der Waals surface area (Å²) < 4.78 is 0. The van der Waals surface area contributed by atoms with E-state index in [0.29, 0.717) is 12.6 Å². The van der Waals surface area contributed by atoms with E-state index < -0.39 is 0 Å². The van der Waals surface area contributed by atoms with E-state index in [1.165, 1.54) is 6.42 Å². The molecule has 2 amide bonds. The number of piperidine rings is 1. The zero-order valence-electron chi connectivity index (χ0n) is 13.6. The Morgan fingerprint density at radius 3 is 2.19 bits per heavy atom. The van der Waals surface area contributed by atoms with E-state index in [9.17, 15) is 9.59 Å². The van der Waals surface area contributed by atoms with E-state index in [-0.39, 0.29) is 23.3 Å². The molecule has 0 spiro atoms. The average molecular weight is 295 g/mol. The minimum Gasteiger partial charge on any atom is -0.353 e. The highest BCUT2D eigenvalue weighted by Gasteiger charge is 2.28. The van der Waals surface area contributed by atoms with Crippen molar-refractivity contribution in [1.82, 2.24) is 15.5 Å². The van der Waals surface area contributed by atoms with Crippen LogP contribution in [0.4, 0.5) is 0 Å². The molecule has 21 heavy (non-hydrogen) atoms. The minimum absolute atomic E-state index is 0.0828. The van der Waals surface area contributed by atoms with Crippen molar-refractivity contribution in [3.05, 3.63) is 0 Å². The van der Waals surface area contributed by atoms with Gasteiger partial charge in [-0.1, -0.05) is 6.42 Å². The van der Waals surface area contributed by atoms with E-state index >= 15 is 0 Å². The van der Waals surface area contributed by atoms with Gasteiger partial charge in [0.25, 0.3) is 0 Å². The summed E-state index contributed by atoms with van der Waals surface area (Å²) in [5.41, 5.74) is -0.174. The molecule has 0 radical (unpaired) electrons. The fourth-order valence-electron chi connectivity index (χ4n) is 2.89. The topological polar surface area (TPSA) is 61.4 Å². The Balaban J connectivity index is 1.66. The van der Waals surface area contributed by atoms with Gasteiger partial charge in [-0.05, 0) is 46.5 Å². The summed E-state index contributed by atoms with van der Waals surface area (Å²) in [6.45, 7) is 8.20. The quantitative estimate of drug-likeness (QED) is 0.821. The Bertz CT molecular complexity index is 377. The Hall–Kier alpha value is -1.10. The van der Waals surface area contributed by atoms with Crippen LogP contribution in [0, 0.1) is 5.92 Å². The van der Waals surface area contributed by atoms with Crippen molar-refractivity contribution >= 4 is 11.8 Å². The molecule has 0 aromatic carbocycles. The molecule has 0 atom stereocenters. The van der Waals surface area contributed by atoms with Crippen LogP contribution in [0.25, 0.3) is 0 Å². The van der Waals surface area contributed by atoms with Crippen molar-refractivity contribution < 1.29 is 9.59 Å². The predicted octanol–water partition coefficient (Wildman–Crippen LogP) is 1.28. The van der Waals surface area contributed by atoms with E-state index in [1.807, 2.05) is 20.8 Å². The number of carbonyl (C=O) groups excluding carboxylic acids is 2. The monoisotopic (exact) mass is 295 g/mol. The summed E-state index contributed by atoms with van der Waals surface area (Å²) in [5, 5.41) is 6.16. The molecule has 2 rings (SSSR count). The van der Waals surface area contributed by atoms with Gasteiger partial charge < -0.3 is 10.6 Å². The lowest BCUT2D eigenvalue weighted by Crippen LogP contribution is -2.50. The molecular weight excluding hydrogens is 266 g/mol. The molecule has 0 aromatic rings. The zero-order valence-corrected chi connectivity index (χ0v) is 13.6. The Labute approximate surface area is 127 Å². The summed E-state index contributed by atoms with van der Waals surface area (Å²) >= 11 is 0. The van der Waals surface area contributed by atoms with Crippen LogP contribution in [0.3, 0.4) is 0 Å². The molecule has 0 unspecified atom stereocenters. The summed E-state index contributed by atoms with van der Waals surface area (Å²) in [6, 6.07) is 0.292. The number of hydrogen-bond acceptors (Lipinski definition) is 3. The van der Waals surface area contributed by atoms with E-state index in [4.69, 9.17) is 0 Å². The van der Waals surface area contributed by atoms with Crippen molar-refractivity contribution in [2.24, 2.45) is 5.92 Å². The molecule has 0 bridgehead atoms. The third kappa shape index (κ3) is 5.30. The summed E-state index contributed by atoms with van der Waals surface area (Å²) in [4.78, 5) is 26.0. The Morgan fingerprint density at radius 1 is 1.10 bits per heavy atom. The second kappa shape index (κ2) is 6.77. The van der Waals surface area contributed by atoms with Crippen LogP contribution in [-0.4, -0.2) is 47.9 Å². The van der Waals surface area contributed by atoms with Crippen LogP contribution < -0.4 is 10.6 Å². The molecular formula is C16H29N3O2. The van der Waals surface area contributed by atoms with Gasteiger partial charge in [0.15, 0.2) is 0 Å². The molecule has 1 saturated carbocycles. The number of nitrogens with zero attached hydrogens (tertiary/aromatic N) is 1. The fraction of sp³-hybridized carbons (Fsp3) is 0.875. The molecule has 1 aliphatic heterocycles. The summed E-state index contributed by atoms with van der Waals surface area (Å²) in [7, 11) is 0. The molecule has 2 N–H and O–H groups in total. The first kappa shape index (κ1) is 16.3. The van der Waals surface area contributed by atoms with Gasteiger partial charge in [-0.25, -0.2) is 0 Å². The second-order valence-electron chi connectivity index (χ2n) is 7.49. The molecule has 5 nitrogen and oxygen atoms in total. The number of nitrogens with one attached hydrogen (secondary N) is 2. The standard InChI is InChI=1S/C16H29N3O2/c1-16(2,3)18-14(20)11-19-9-7-13(8-10-19)17-15(21)12-5-4-6-12/h12-13H,4-11H2,1-3H3,(H,17,21)(H,18,20). The molecule has 2 aliphatic rings. The maximum Gasteiger partial charge on any atom is 0.234 e. The highest BCUT2D eigenvalue weighted by Crippen LogP contribution is 2.26. The normalized spacial score (nSPS) is 21.7. The third-order valence-electron chi connectivity index (χ3n) is 4.29. The van der Waals surface area contributed by atoms with Crippen LogP contribution in [0.2, 0.25) is 0 Å². The maximum absolute atomic E-state index is 11.9. The highest BCUT2D eigenvalue weighted by atomic mass is 16.2. The van der Waals surface area contributed by atoms with Gasteiger partial charge in [-0.3, -0.25) is 14.5 Å². The molecule has 2 fully saturated rings. The first-order valence-corrected chi connectivity index (χ1v) is 8.17. The lowest BCUT2D eigenvalue weighted by Gasteiger charge is -2.34. The van der Waals surface area contributed by atoms with Gasteiger partial charge in [-0.15, -0.1) is 0 Å². The van der Waals surface area contributed by atoms with Crippen LogP contribution in [0.1, 0.15) is 52.9 Å². The third-order valence-corrected chi connectivity index (χ3v) is 4.29. The van der Waals surface area contributed by atoms with Crippen molar-refractivity contribution in [2.75, 3.05) is 19.6 Å². The van der Waals surface area contributed by atoms with Gasteiger partial charge in [0.1, 0.15) is 0 Å². The molecule has 1 saturated heterocycles. The fourth-order valence-corrected chi connectivity index (χ4v) is 2.89. The SMILES string of the molecule is CC(C)(C)NC(=O)CN1CCC(NC(=O)C2CCC2)CC1. The molecule has 1 aliphatic carbocycles. The van der Waals surface area contributed by atoms with Gasteiger partial charge in [0.2, 0.25) is 11.8 Å². The smallest absolute Gasteiger partial charge is 0.234 e. The molecule has 5 heteroatoms. The van der Waals surface area contributed by atoms with Crippen LogP contribution in [0.15, 0.2) is 0 Å². The average Bonchev–Trinajstić information content (AvgIpc) is 2.26. The summed E-state index contributed by atoms with van der Waals surface area (Å²) in [5.74, 6) is 0.588. The zero-order chi connectivity index (χ0) is 15.5. The van der Waals surface area contributed by atoms with E-state index in [0.717, 1.165) is 38.8 Å². The number of carbonyl (C=O) groups is 2. The Kier molecular flexibility index (Phi) is 5.25. The molecule has 120 valence electrons. The van der Waals surface area contributed by atoms with E-state index in [1.54, 1.807) is 0 Å². The predicted molar refractivity (Wildman–Crippen MR) is 82.8 cm³/mol. The van der Waals surface area contributed by atoms with Gasteiger partial charge >= 0.3 is 0 Å². The Morgan fingerprint density at radius 2 is 1.71 bits per heavy atom. The molecule has 1 heterocycles. The van der Waals surface area contributed by atoms with Crippen molar-refractivity contribution in [2.45, 2.75) is 64.5 Å². The van der Waals surface area contributed by atoms with Crippen molar-refractivity contribution in [3.8, 4) is 0 Å². The van der Waals surface area contributed by atoms with Crippen LogP contribution >= 0.6 is 0 Å². The first-order chi connectivity index (χ1) is 9.83. The van der Waals surface area contributed by atoms with Crippen molar-refractivity contribution in [3.63, 3.8) is 0 Å². The highest BCUT2D eigenvalue weighted by molar-refractivity contribution is 5.80. The number of hydrogen-bond donors (Lipinski definition) is 2. The van der Waals surface area contributed by atoms with Gasteiger partial charge in [0.05, 0.1) is 6.54 Å². The number of likely N-dealkylation sites (tertiary alicyclic amines) is 1. The van der Waals surface area contributed by atoms with E-state index in [2.05, 4.69) is 15.5 Å². The van der Waals surface area contributed by atoms with Gasteiger partial charge in [0, 0.05) is 30.6 Å². The van der Waals surface area contributed by atoms with Crippen molar-refractivity contribution in [1.29, 1.82) is 0 Å². The lowest BCUT2D eigenvalue weighted by atomic mass is 9.84. The first-order valence-electron chi connectivity index (χ1n) is 8.17. The maximum atomic E-state index is 11.9. The van der Waals surface area contributed by atoms with Crippen LogP contribution in [0.5, 0.6) is 0 Å². The lowest BCUT2D eigenvalue weighted by molar-refractivity contribution is -0.129. The summed E-state index contributed by atoms with van der Waals surface area (Å²) in [6.07, 6.45) is 5.19. The van der Waals surface area contributed by atoms with Crippen LogP contribution in [-0.2, 0) is 9.59 Å². The van der Waals surface area contributed by atoms with Gasteiger partial charge in [-0.2, -0.15) is 0 Å². The number of amides is 2. The minimum atomic E-state index is -0.174. The second-order valence-corrected chi connectivity index (χ2v) is 7.49.